The van der Waals surface area contributed by atoms with Gasteiger partial charge in [0.15, 0.2) is 9.84 Å². The van der Waals surface area contributed by atoms with Crippen LogP contribution in [0.15, 0.2) is 35.4 Å². The van der Waals surface area contributed by atoms with Crippen LogP contribution >= 0.6 is 0 Å². The Labute approximate surface area is 140 Å². The summed E-state index contributed by atoms with van der Waals surface area (Å²) in [5.41, 5.74) is 1.20. The van der Waals surface area contributed by atoms with E-state index in [2.05, 4.69) is 10.4 Å². The number of hydrogen-bond donors (Lipinski definition) is 1. The fraction of sp³-hybridized carbons (Fsp3) is 0.438. The summed E-state index contributed by atoms with van der Waals surface area (Å²) >= 11 is 0. The van der Waals surface area contributed by atoms with E-state index in [0.717, 1.165) is 5.56 Å². The summed E-state index contributed by atoms with van der Waals surface area (Å²) < 4.78 is 22.9. The molecule has 24 heavy (non-hydrogen) atoms. The molecule has 1 fully saturated rings. The van der Waals surface area contributed by atoms with Crippen LogP contribution in [0.3, 0.4) is 0 Å². The van der Waals surface area contributed by atoms with E-state index >= 15 is 0 Å². The molecule has 2 heterocycles. The van der Waals surface area contributed by atoms with E-state index in [1.165, 1.54) is 5.01 Å². The van der Waals surface area contributed by atoms with Gasteiger partial charge in [0, 0.05) is 18.9 Å². The second-order valence-corrected chi connectivity index (χ2v) is 8.29. The molecule has 0 saturated carbocycles. The van der Waals surface area contributed by atoms with Crippen LogP contribution in [0.5, 0.6) is 0 Å². The molecular formula is C16H19N3O4S. The van der Waals surface area contributed by atoms with Gasteiger partial charge in [-0.05, 0) is 12.0 Å². The summed E-state index contributed by atoms with van der Waals surface area (Å²) in [6, 6.07) is 9.05. The Morgan fingerprint density at radius 3 is 2.67 bits per heavy atom. The molecule has 1 aromatic carbocycles. The Kier molecular flexibility index (Phi) is 4.66. The van der Waals surface area contributed by atoms with Crippen LogP contribution in [0.4, 0.5) is 0 Å². The number of amides is 2. The number of nitrogens with one attached hydrogen (secondary N) is 1. The first-order valence-corrected chi connectivity index (χ1v) is 9.68. The molecule has 1 aromatic rings. The lowest BCUT2D eigenvalue weighted by molar-refractivity contribution is -0.132. The first-order chi connectivity index (χ1) is 11.4. The summed E-state index contributed by atoms with van der Waals surface area (Å²) in [5, 5.41) is 8.20. The van der Waals surface area contributed by atoms with Crippen molar-refractivity contribution in [3.05, 3.63) is 35.9 Å². The smallest absolute Gasteiger partial charge is 0.267 e. The molecule has 2 aliphatic rings. The van der Waals surface area contributed by atoms with Gasteiger partial charge in [0.1, 0.15) is 5.71 Å². The lowest BCUT2D eigenvalue weighted by Gasteiger charge is -2.23. The Bertz CT molecular complexity index is 774. The van der Waals surface area contributed by atoms with E-state index in [0.29, 0.717) is 13.0 Å². The van der Waals surface area contributed by atoms with E-state index in [9.17, 15) is 18.0 Å². The predicted molar refractivity (Wildman–Crippen MR) is 88.9 cm³/mol. The topological polar surface area (TPSA) is 95.9 Å². The van der Waals surface area contributed by atoms with Gasteiger partial charge in [-0.25, -0.2) is 13.4 Å². The molecule has 1 N–H and O–H groups in total. The standard InChI is InChI=1S/C16H19N3O4S/c20-15-7-6-14(16(21)17-13-8-9-24(22,23)11-13)18-19(15)10-12-4-2-1-3-5-12/h1-5,13H,6-11H2,(H,17,21)/t13-/m0/s1. The molecule has 0 unspecified atom stereocenters. The molecular weight excluding hydrogens is 330 g/mol. The molecule has 3 rings (SSSR count). The quantitative estimate of drug-likeness (QED) is 0.854. The number of nitrogens with zero attached hydrogens (tertiary/aromatic N) is 2. The maximum atomic E-state index is 12.3. The molecule has 0 aromatic heterocycles. The Morgan fingerprint density at radius 1 is 1.25 bits per heavy atom. The van der Waals surface area contributed by atoms with Crippen LogP contribution in [0.25, 0.3) is 0 Å². The SMILES string of the molecule is O=C(N[C@H]1CCS(=O)(=O)C1)C1=NN(Cc2ccccc2)C(=O)CC1. The van der Waals surface area contributed by atoms with E-state index in [1.54, 1.807) is 0 Å². The maximum absolute atomic E-state index is 12.3. The highest BCUT2D eigenvalue weighted by atomic mass is 32.2. The summed E-state index contributed by atoms with van der Waals surface area (Å²) in [4.78, 5) is 24.3. The highest BCUT2D eigenvalue weighted by Crippen LogP contribution is 2.15. The zero-order chi connectivity index (χ0) is 17.2. The van der Waals surface area contributed by atoms with Gasteiger partial charge in [0.25, 0.3) is 5.91 Å². The fourth-order valence-corrected chi connectivity index (χ4v) is 4.50. The average Bonchev–Trinajstić information content (AvgIpc) is 2.89. The molecule has 1 atom stereocenters. The number of hydrazone groups is 1. The van der Waals surface area contributed by atoms with Crippen molar-refractivity contribution in [1.29, 1.82) is 0 Å². The third-order valence-corrected chi connectivity index (χ3v) is 5.88. The number of sulfone groups is 1. The van der Waals surface area contributed by atoms with Crippen LogP contribution in [0.1, 0.15) is 24.8 Å². The zero-order valence-corrected chi connectivity index (χ0v) is 14.0. The molecule has 2 aliphatic heterocycles. The third-order valence-electron chi connectivity index (χ3n) is 4.11. The Morgan fingerprint density at radius 2 is 2.00 bits per heavy atom. The number of hydrogen-bond acceptors (Lipinski definition) is 5. The second-order valence-electron chi connectivity index (χ2n) is 6.06. The molecule has 128 valence electrons. The fourth-order valence-electron chi connectivity index (χ4n) is 2.82. The minimum Gasteiger partial charge on any atom is -0.347 e. The van der Waals surface area contributed by atoms with Crippen molar-refractivity contribution in [3.8, 4) is 0 Å². The molecule has 0 radical (unpaired) electrons. The molecule has 0 spiro atoms. The van der Waals surface area contributed by atoms with Crippen LogP contribution in [0.2, 0.25) is 0 Å². The summed E-state index contributed by atoms with van der Waals surface area (Å²) in [7, 11) is -3.05. The Hall–Kier alpha value is -2.22. The van der Waals surface area contributed by atoms with Gasteiger partial charge >= 0.3 is 0 Å². The highest BCUT2D eigenvalue weighted by Gasteiger charge is 2.31. The van der Waals surface area contributed by atoms with Crippen molar-refractivity contribution < 1.29 is 18.0 Å². The largest absolute Gasteiger partial charge is 0.347 e. The predicted octanol–water partition coefficient (Wildman–Crippen LogP) is 0.468. The highest BCUT2D eigenvalue weighted by molar-refractivity contribution is 7.91. The number of carbonyl (C=O) groups excluding carboxylic acids is 2. The van der Waals surface area contributed by atoms with Crippen LogP contribution in [-0.2, 0) is 26.0 Å². The van der Waals surface area contributed by atoms with Gasteiger partial charge in [-0.15, -0.1) is 0 Å². The van der Waals surface area contributed by atoms with Gasteiger partial charge < -0.3 is 5.32 Å². The molecule has 0 bridgehead atoms. The van der Waals surface area contributed by atoms with Gasteiger partial charge in [0.2, 0.25) is 5.91 Å². The summed E-state index contributed by atoms with van der Waals surface area (Å²) in [6.07, 6.45) is 0.922. The van der Waals surface area contributed by atoms with Crippen molar-refractivity contribution >= 4 is 27.4 Å². The van der Waals surface area contributed by atoms with Crippen molar-refractivity contribution in [2.75, 3.05) is 11.5 Å². The number of carbonyl (C=O) groups is 2. The van der Waals surface area contributed by atoms with Gasteiger partial charge in [-0.3, -0.25) is 9.59 Å². The minimum atomic E-state index is -3.05. The van der Waals surface area contributed by atoms with Gasteiger partial charge in [-0.2, -0.15) is 5.10 Å². The van der Waals surface area contributed by atoms with Crippen molar-refractivity contribution in [3.63, 3.8) is 0 Å². The second kappa shape index (κ2) is 6.72. The van der Waals surface area contributed by atoms with E-state index in [4.69, 9.17) is 0 Å². The van der Waals surface area contributed by atoms with Crippen LogP contribution in [-0.4, -0.2) is 48.5 Å². The maximum Gasteiger partial charge on any atom is 0.267 e. The van der Waals surface area contributed by atoms with E-state index in [-0.39, 0.29) is 47.9 Å². The van der Waals surface area contributed by atoms with E-state index < -0.39 is 9.84 Å². The number of benzene rings is 1. The number of rotatable bonds is 4. The molecule has 8 heteroatoms. The summed E-state index contributed by atoms with van der Waals surface area (Å²) in [5.74, 6) is -0.441. The van der Waals surface area contributed by atoms with Gasteiger partial charge in [0.05, 0.1) is 18.1 Å². The van der Waals surface area contributed by atoms with E-state index in [1.807, 2.05) is 30.3 Å². The molecule has 7 nitrogen and oxygen atoms in total. The lowest BCUT2D eigenvalue weighted by Crippen LogP contribution is -2.43. The van der Waals surface area contributed by atoms with Crippen molar-refractivity contribution in [2.24, 2.45) is 5.10 Å². The van der Waals surface area contributed by atoms with Crippen molar-refractivity contribution in [1.82, 2.24) is 10.3 Å². The lowest BCUT2D eigenvalue weighted by atomic mass is 10.1. The molecule has 0 aliphatic carbocycles. The first kappa shape index (κ1) is 16.6. The molecule has 1 saturated heterocycles. The monoisotopic (exact) mass is 349 g/mol. The van der Waals surface area contributed by atoms with Crippen molar-refractivity contribution in [2.45, 2.75) is 31.8 Å². The summed E-state index contributed by atoms with van der Waals surface area (Å²) in [6.45, 7) is 0.314. The van der Waals surface area contributed by atoms with Crippen LogP contribution < -0.4 is 5.32 Å². The average molecular weight is 349 g/mol. The first-order valence-electron chi connectivity index (χ1n) is 7.86. The Balaban J connectivity index is 1.67. The zero-order valence-electron chi connectivity index (χ0n) is 13.1. The normalized spacial score (nSPS) is 23.0. The minimum absolute atomic E-state index is 0.0291. The molecule has 2 amide bonds. The third kappa shape index (κ3) is 4.00. The van der Waals surface area contributed by atoms with Crippen LogP contribution in [0, 0.1) is 0 Å². The van der Waals surface area contributed by atoms with Gasteiger partial charge in [-0.1, -0.05) is 30.3 Å².